The molecular formula is C11H11N3O3. The van der Waals surface area contributed by atoms with Crippen molar-refractivity contribution in [3.8, 4) is 0 Å². The van der Waals surface area contributed by atoms with Gasteiger partial charge in [-0.3, -0.25) is 14.9 Å². The molecule has 6 nitrogen and oxygen atoms in total. The molecule has 0 aliphatic carbocycles. The smallest absolute Gasteiger partial charge is 0.294 e. The normalized spacial score (nSPS) is 21.8. The van der Waals surface area contributed by atoms with E-state index in [1.165, 1.54) is 6.07 Å². The first-order valence-corrected chi connectivity index (χ1v) is 5.53. The third kappa shape index (κ3) is 1.37. The summed E-state index contributed by atoms with van der Waals surface area (Å²) in [6.45, 7) is 0.704. The van der Waals surface area contributed by atoms with Crippen molar-refractivity contribution in [3.63, 3.8) is 0 Å². The van der Waals surface area contributed by atoms with Gasteiger partial charge >= 0.3 is 0 Å². The molecule has 0 bridgehead atoms. The standard InChI is InChI=1S/C11H11N3O3/c15-11-9-5-2-6-13(9)10-7(12-11)3-1-4-8(10)14(16)17/h1,3-4,9H,2,5-6H2,(H,12,15). The van der Waals surface area contributed by atoms with Crippen LogP contribution in [0.1, 0.15) is 12.8 Å². The summed E-state index contributed by atoms with van der Waals surface area (Å²) in [6.07, 6.45) is 1.65. The molecule has 2 heterocycles. The Morgan fingerprint density at radius 3 is 3.06 bits per heavy atom. The molecule has 6 heteroatoms. The average Bonchev–Trinajstić information content (AvgIpc) is 2.77. The molecule has 0 radical (unpaired) electrons. The predicted molar refractivity (Wildman–Crippen MR) is 62.1 cm³/mol. The van der Waals surface area contributed by atoms with Gasteiger partial charge in [0.2, 0.25) is 5.91 Å². The molecule has 2 aliphatic heterocycles. The van der Waals surface area contributed by atoms with Crippen molar-refractivity contribution in [2.75, 3.05) is 16.8 Å². The van der Waals surface area contributed by atoms with Crippen LogP contribution in [0.25, 0.3) is 0 Å². The van der Waals surface area contributed by atoms with Gasteiger partial charge in [-0.25, -0.2) is 0 Å². The Morgan fingerprint density at radius 2 is 2.29 bits per heavy atom. The zero-order valence-corrected chi connectivity index (χ0v) is 9.05. The second-order valence-corrected chi connectivity index (χ2v) is 4.27. The van der Waals surface area contributed by atoms with Gasteiger partial charge in [-0.1, -0.05) is 6.07 Å². The molecule has 1 saturated heterocycles. The number of nitro groups is 1. The summed E-state index contributed by atoms with van der Waals surface area (Å²) in [4.78, 5) is 24.3. The van der Waals surface area contributed by atoms with E-state index in [0.29, 0.717) is 17.9 Å². The molecule has 1 unspecified atom stereocenters. The van der Waals surface area contributed by atoms with E-state index < -0.39 is 4.92 Å². The molecule has 1 aromatic carbocycles. The van der Waals surface area contributed by atoms with Gasteiger partial charge in [0, 0.05) is 12.6 Å². The SMILES string of the molecule is O=C1Nc2cccc([N+](=O)[O-])c2N2CCCC12. The summed E-state index contributed by atoms with van der Waals surface area (Å²) in [5, 5.41) is 13.8. The molecular weight excluding hydrogens is 222 g/mol. The fourth-order valence-electron chi connectivity index (χ4n) is 2.60. The molecule has 1 atom stereocenters. The van der Waals surface area contributed by atoms with Crippen LogP contribution in [0.5, 0.6) is 0 Å². The van der Waals surface area contributed by atoms with Crippen LogP contribution in [0.15, 0.2) is 18.2 Å². The molecule has 1 amide bonds. The molecule has 0 aromatic heterocycles. The predicted octanol–water partition coefficient (Wildman–Crippen LogP) is 1.52. The fourth-order valence-corrected chi connectivity index (χ4v) is 2.60. The van der Waals surface area contributed by atoms with Crippen molar-refractivity contribution in [2.45, 2.75) is 18.9 Å². The van der Waals surface area contributed by atoms with Gasteiger partial charge < -0.3 is 10.2 Å². The van der Waals surface area contributed by atoms with E-state index in [1.54, 1.807) is 12.1 Å². The minimum Gasteiger partial charge on any atom is -0.352 e. The first kappa shape index (κ1) is 10.1. The van der Waals surface area contributed by atoms with E-state index in [0.717, 1.165) is 12.8 Å². The molecule has 88 valence electrons. The number of amides is 1. The zero-order valence-electron chi connectivity index (χ0n) is 9.05. The molecule has 1 aromatic rings. The maximum absolute atomic E-state index is 11.8. The van der Waals surface area contributed by atoms with Crippen LogP contribution in [-0.4, -0.2) is 23.4 Å². The summed E-state index contributed by atoms with van der Waals surface area (Å²) in [6, 6.07) is 4.53. The Kier molecular flexibility index (Phi) is 2.04. The van der Waals surface area contributed by atoms with Crippen LogP contribution in [0.2, 0.25) is 0 Å². The minimum absolute atomic E-state index is 0.0597. The Hall–Kier alpha value is -2.11. The molecule has 1 fully saturated rings. The monoisotopic (exact) mass is 233 g/mol. The first-order chi connectivity index (χ1) is 8.18. The van der Waals surface area contributed by atoms with Gasteiger partial charge in [0.05, 0.1) is 10.6 Å². The maximum atomic E-state index is 11.8. The second kappa shape index (κ2) is 3.44. The lowest BCUT2D eigenvalue weighted by atomic mass is 10.1. The number of anilines is 2. The topological polar surface area (TPSA) is 75.5 Å². The van der Waals surface area contributed by atoms with Gasteiger partial charge in [-0.05, 0) is 18.9 Å². The van der Waals surface area contributed by atoms with E-state index in [1.807, 2.05) is 4.90 Å². The maximum Gasteiger partial charge on any atom is 0.294 e. The van der Waals surface area contributed by atoms with Crippen molar-refractivity contribution in [3.05, 3.63) is 28.3 Å². The van der Waals surface area contributed by atoms with Crippen LogP contribution in [0.3, 0.4) is 0 Å². The lowest BCUT2D eigenvalue weighted by Gasteiger charge is -2.32. The lowest BCUT2D eigenvalue weighted by molar-refractivity contribution is -0.384. The number of carbonyl (C=O) groups is 1. The van der Waals surface area contributed by atoms with Gasteiger partial charge in [0.25, 0.3) is 5.69 Å². The summed E-state index contributed by atoms with van der Waals surface area (Å²) in [5.41, 5.74) is 1.16. The number of benzene rings is 1. The summed E-state index contributed by atoms with van der Waals surface area (Å²) in [5.74, 6) is -0.0597. The van der Waals surface area contributed by atoms with Gasteiger partial charge in [-0.2, -0.15) is 0 Å². The van der Waals surface area contributed by atoms with Crippen molar-refractivity contribution < 1.29 is 9.72 Å². The van der Waals surface area contributed by atoms with Crippen LogP contribution < -0.4 is 10.2 Å². The number of hydrogen-bond donors (Lipinski definition) is 1. The van der Waals surface area contributed by atoms with Crippen LogP contribution in [0, 0.1) is 10.1 Å². The first-order valence-electron chi connectivity index (χ1n) is 5.53. The van der Waals surface area contributed by atoms with E-state index in [2.05, 4.69) is 5.32 Å². The number of fused-ring (bicyclic) bond motifs is 3. The Labute approximate surface area is 97.4 Å². The van der Waals surface area contributed by atoms with Gasteiger partial charge in [-0.15, -0.1) is 0 Å². The third-order valence-electron chi connectivity index (χ3n) is 3.31. The second-order valence-electron chi connectivity index (χ2n) is 4.27. The number of para-hydroxylation sites is 1. The van der Waals surface area contributed by atoms with Crippen molar-refractivity contribution in [1.29, 1.82) is 0 Å². The van der Waals surface area contributed by atoms with Crippen molar-refractivity contribution >= 4 is 23.0 Å². The lowest BCUT2D eigenvalue weighted by Crippen LogP contribution is -2.44. The van der Waals surface area contributed by atoms with E-state index in [-0.39, 0.29) is 17.6 Å². The number of rotatable bonds is 1. The quantitative estimate of drug-likeness (QED) is 0.589. The molecule has 2 aliphatic rings. The van der Waals surface area contributed by atoms with Crippen LogP contribution in [0.4, 0.5) is 17.1 Å². The zero-order chi connectivity index (χ0) is 12.0. The molecule has 3 rings (SSSR count). The number of nitrogens with one attached hydrogen (secondary N) is 1. The van der Waals surface area contributed by atoms with E-state index in [9.17, 15) is 14.9 Å². The number of hydrogen-bond acceptors (Lipinski definition) is 4. The van der Waals surface area contributed by atoms with Gasteiger partial charge in [0.15, 0.2) is 0 Å². The Balaban J connectivity index is 2.19. The average molecular weight is 233 g/mol. The number of nitro benzene ring substituents is 1. The summed E-state index contributed by atoms with van der Waals surface area (Å²) in [7, 11) is 0. The molecule has 1 N–H and O–H groups in total. The summed E-state index contributed by atoms with van der Waals surface area (Å²) >= 11 is 0. The highest BCUT2D eigenvalue weighted by molar-refractivity contribution is 6.05. The Bertz CT molecular complexity index is 515. The third-order valence-corrected chi connectivity index (χ3v) is 3.31. The van der Waals surface area contributed by atoms with Crippen molar-refractivity contribution in [1.82, 2.24) is 0 Å². The molecule has 17 heavy (non-hydrogen) atoms. The number of nitrogens with zero attached hydrogens (tertiary/aromatic N) is 2. The largest absolute Gasteiger partial charge is 0.352 e. The van der Waals surface area contributed by atoms with E-state index in [4.69, 9.17) is 0 Å². The number of carbonyl (C=O) groups excluding carboxylic acids is 1. The van der Waals surface area contributed by atoms with Crippen LogP contribution >= 0.6 is 0 Å². The molecule has 0 spiro atoms. The van der Waals surface area contributed by atoms with E-state index >= 15 is 0 Å². The van der Waals surface area contributed by atoms with Crippen LogP contribution in [-0.2, 0) is 4.79 Å². The van der Waals surface area contributed by atoms with Crippen molar-refractivity contribution in [2.24, 2.45) is 0 Å². The van der Waals surface area contributed by atoms with Gasteiger partial charge in [0.1, 0.15) is 11.7 Å². The molecule has 0 saturated carbocycles. The highest BCUT2D eigenvalue weighted by atomic mass is 16.6. The minimum atomic E-state index is -0.397. The highest BCUT2D eigenvalue weighted by Crippen LogP contribution is 2.42. The highest BCUT2D eigenvalue weighted by Gasteiger charge is 2.39. The fraction of sp³-hybridized carbons (Fsp3) is 0.364. The Morgan fingerprint density at radius 1 is 1.47 bits per heavy atom. The summed E-state index contributed by atoms with van der Waals surface area (Å²) < 4.78 is 0.